The van der Waals surface area contributed by atoms with Gasteiger partial charge in [0.1, 0.15) is 0 Å². The van der Waals surface area contributed by atoms with E-state index < -0.39 is 0 Å². The zero-order valence-electron chi connectivity index (χ0n) is 11.9. The molecule has 1 amide bonds. The summed E-state index contributed by atoms with van der Waals surface area (Å²) in [4.78, 5) is 12.5. The van der Waals surface area contributed by atoms with Crippen molar-refractivity contribution < 1.29 is 4.79 Å². The molecule has 1 atom stereocenters. The normalized spacial score (nSPS) is 18.3. The van der Waals surface area contributed by atoms with Crippen LogP contribution in [0.3, 0.4) is 0 Å². The van der Waals surface area contributed by atoms with Gasteiger partial charge in [0.25, 0.3) is 0 Å². The van der Waals surface area contributed by atoms with E-state index in [9.17, 15) is 4.79 Å². The Bertz CT molecular complexity index is 396. The summed E-state index contributed by atoms with van der Waals surface area (Å²) in [6.07, 6.45) is 2.07. The van der Waals surface area contributed by atoms with Gasteiger partial charge in [0.2, 0.25) is 5.91 Å². The lowest BCUT2D eigenvalue weighted by molar-refractivity contribution is -0.124. The molecule has 104 valence electrons. The first-order chi connectivity index (χ1) is 9.18. The molecule has 3 heteroatoms. The summed E-state index contributed by atoms with van der Waals surface area (Å²) in [7, 11) is 0. The largest absolute Gasteiger partial charge is 0.353 e. The molecule has 0 spiro atoms. The molecule has 1 fully saturated rings. The van der Waals surface area contributed by atoms with E-state index in [1.54, 1.807) is 0 Å². The van der Waals surface area contributed by atoms with E-state index >= 15 is 0 Å². The Kier molecular flexibility index (Phi) is 4.97. The molecule has 19 heavy (non-hydrogen) atoms. The first-order valence-corrected chi connectivity index (χ1v) is 7.24. The van der Waals surface area contributed by atoms with Crippen molar-refractivity contribution in [2.45, 2.75) is 38.6 Å². The third-order valence-electron chi connectivity index (χ3n) is 3.79. The lowest BCUT2D eigenvalue weighted by Crippen LogP contribution is -2.45. The van der Waals surface area contributed by atoms with Gasteiger partial charge < -0.3 is 10.6 Å². The summed E-state index contributed by atoms with van der Waals surface area (Å²) >= 11 is 0. The summed E-state index contributed by atoms with van der Waals surface area (Å²) in [6.45, 7) is 6.23. The molecule has 0 saturated carbocycles. The van der Waals surface area contributed by atoms with Crippen molar-refractivity contribution >= 4 is 5.91 Å². The Hall–Kier alpha value is -1.35. The highest BCUT2D eigenvalue weighted by atomic mass is 16.2. The van der Waals surface area contributed by atoms with Gasteiger partial charge in [0.15, 0.2) is 0 Å². The van der Waals surface area contributed by atoms with Crippen molar-refractivity contribution in [2.24, 2.45) is 5.92 Å². The number of hydrogen-bond acceptors (Lipinski definition) is 2. The molecule has 2 rings (SSSR count). The zero-order valence-corrected chi connectivity index (χ0v) is 11.9. The van der Waals surface area contributed by atoms with Crippen molar-refractivity contribution in [3.05, 3.63) is 35.9 Å². The van der Waals surface area contributed by atoms with Crippen molar-refractivity contribution in [3.63, 3.8) is 0 Å². The van der Waals surface area contributed by atoms with Crippen LogP contribution in [0.15, 0.2) is 30.3 Å². The molecule has 1 aromatic rings. The summed E-state index contributed by atoms with van der Waals surface area (Å²) in [5, 5.41) is 6.54. The molecule has 0 bridgehead atoms. The number of nitrogens with one attached hydrogen (secondary N) is 2. The van der Waals surface area contributed by atoms with Crippen molar-refractivity contribution in [1.82, 2.24) is 10.6 Å². The molecule has 0 aromatic heterocycles. The number of piperidine rings is 1. The topological polar surface area (TPSA) is 41.1 Å². The maximum Gasteiger partial charge on any atom is 0.228 e. The highest BCUT2D eigenvalue weighted by Gasteiger charge is 2.26. The quantitative estimate of drug-likeness (QED) is 0.872. The van der Waals surface area contributed by atoms with Crippen molar-refractivity contribution in [1.29, 1.82) is 0 Å². The van der Waals surface area contributed by atoms with E-state index in [0.717, 1.165) is 31.5 Å². The maximum absolute atomic E-state index is 12.5. The number of rotatable bonds is 4. The highest BCUT2D eigenvalue weighted by Crippen LogP contribution is 2.24. The Labute approximate surface area is 115 Å². The molecule has 1 unspecified atom stereocenters. The second-order valence-electron chi connectivity index (χ2n) is 5.67. The van der Waals surface area contributed by atoms with Gasteiger partial charge in [-0.15, -0.1) is 0 Å². The molecule has 1 aromatic carbocycles. The molecular weight excluding hydrogens is 236 g/mol. The van der Waals surface area contributed by atoms with Gasteiger partial charge in [0.05, 0.1) is 5.92 Å². The van der Waals surface area contributed by atoms with Crippen LogP contribution in [0.1, 0.15) is 38.2 Å². The molecule has 2 N–H and O–H groups in total. The number of hydrogen-bond donors (Lipinski definition) is 2. The van der Waals surface area contributed by atoms with Crippen molar-refractivity contribution in [2.75, 3.05) is 13.1 Å². The number of amides is 1. The Morgan fingerprint density at radius 2 is 1.84 bits per heavy atom. The van der Waals surface area contributed by atoms with Gasteiger partial charge in [-0.1, -0.05) is 44.2 Å². The van der Waals surface area contributed by atoms with Crippen LogP contribution in [0, 0.1) is 5.92 Å². The van der Waals surface area contributed by atoms with Gasteiger partial charge in [-0.3, -0.25) is 4.79 Å². The zero-order chi connectivity index (χ0) is 13.7. The number of carbonyl (C=O) groups is 1. The lowest BCUT2D eigenvalue weighted by atomic mass is 9.87. The Balaban J connectivity index is 2.04. The van der Waals surface area contributed by atoms with Crippen LogP contribution in [-0.2, 0) is 4.79 Å². The molecule has 0 aliphatic carbocycles. The first kappa shape index (κ1) is 14.1. The van der Waals surface area contributed by atoms with E-state index in [-0.39, 0.29) is 11.8 Å². The van der Waals surface area contributed by atoms with Gasteiger partial charge >= 0.3 is 0 Å². The van der Waals surface area contributed by atoms with E-state index in [2.05, 4.69) is 24.5 Å². The van der Waals surface area contributed by atoms with Crippen LogP contribution in [0.25, 0.3) is 0 Å². The van der Waals surface area contributed by atoms with Gasteiger partial charge in [-0.05, 0) is 37.4 Å². The summed E-state index contributed by atoms with van der Waals surface area (Å²) in [6, 6.07) is 10.4. The minimum absolute atomic E-state index is 0.0453. The Morgan fingerprint density at radius 3 is 2.42 bits per heavy atom. The third-order valence-corrected chi connectivity index (χ3v) is 3.79. The predicted octanol–water partition coefficient (Wildman–Crippen LogP) is 2.29. The summed E-state index contributed by atoms with van der Waals surface area (Å²) in [5.74, 6) is 0.438. The van der Waals surface area contributed by atoms with E-state index in [1.165, 1.54) is 0 Å². The molecule has 3 nitrogen and oxygen atoms in total. The van der Waals surface area contributed by atoms with Crippen LogP contribution in [0.4, 0.5) is 0 Å². The van der Waals surface area contributed by atoms with Crippen LogP contribution in [-0.4, -0.2) is 25.0 Å². The van der Waals surface area contributed by atoms with Crippen molar-refractivity contribution in [3.8, 4) is 0 Å². The minimum atomic E-state index is -0.0453. The van der Waals surface area contributed by atoms with E-state index in [1.807, 2.05) is 30.3 Å². The van der Waals surface area contributed by atoms with Crippen LogP contribution in [0.2, 0.25) is 0 Å². The Morgan fingerprint density at radius 1 is 1.21 bits per heavy atom. The van der Waals surface area contributed by atoms with Gasteiger partial charge in [-0.25, -0.2) is 0 Å². The van der Waals surface area contributed by atoms with Crippen LogP contribution in [0.5, 0.6) is 0 Å². The second-order valence-corrected chi connectivity index (χ2v) is 5.67. The van der Waals surface area contributed by atoms with Gasteiger partial charge in [-0.2, -0.15) is 0 Å². The fourth-order valence-corrected chi connectivity index (χ4v) is 2.76. The second kappa shape index (κ2) is 6.71. The average Bonchev–Trinajstić information content (AvgIpc) is 2.40. The van der Waals surface area contributed by atoms with Crippen LogP contribution < -0.4 is 10.6 Å². The van der Waals surface area contributed by atoms with E-state index in [4.69, 9.17) is 0 Å². The summed E-state index contributed by atoms with van der Waals surface area (Å²) in [5.41, 5.74) is 1.11. The fraction of sp³-hybridized carbons (Fsp3) is 0.562. The monoisotopic (exact) mass is 260 g/mol. The smallest absolute Gasteiger partial charge is 0.228 e. The summed E-state index contributed by atoms with van der Waals surface area (Å²) < 4.78 is 0. The predicted molar refractivity (Wildman–Crippen MR) is 78.1 cm³/mol. The first-order valence-electron chi connectivity index (χ1n) is 7.24. The average molecular weight is 260 g/mol. The SMILES string of the molecule is CC(C)C(C(=O)NC1CCNCC1)c1ccccc1. The third kappa shape index (κ3) is 3.80. The maximum atomic E-state index is 12.5. The van der Waals surface area contributed by atoms with Crippen LogP contribution >= 0.6 is 0 Å². The molecule has 0 radical (unpaired) electrons. The molecule has 1 aliphatic heterocycles. The highest BCUT2D eigenvalue weighted by molar-refractivity contribution is 5.84. The fourth-order valence-electron chi connectivity index (χ4n) is 2.76. The minimum Gasteiger partial charge on any atom is -0.353 e. The number of carbonyl (C=O) groups excluding carboxylic acids is 1. The molecule has 1 saturated heterocycles. The number of benzene rings is 1. The lowest BCUT2D eigenvalue weighted by Gasteiger charge is -2.27. The van der Waals surface area contributed by atoms with Gasteiger partial charge in [0, 0.05) is 6.04 Å². The standard InChI is InChI=1S/C16H24N2O/c1-12(2)15(13-6-4-3-5-7-13)16(19)18-14-8-10-17-11-9-14/h3-7,12,14-15,17H,8-11H2,1-2H3,(H,18,19). The molecular formula is C16H24N2O. The van der Waals surface area contributed by atoms with E-state index in [0.29, 0.717) is 12.0 Å². The molecule has 1 aliphatic rings. The molecule has 1 heterocycles.